The summed E-state index contributed by atoms with van der Waals surface area (Å²) in [6.07, 6.45) is 0.325. The first-order chi connectivity index (χ1) is 13.0. The molecule has 0 saturated heterocycles. The first kappa shape index (κ1) is 20.4. The molecule has 1 unspecified atom stereocenters. The molecule has 2 rings (SSSR count). The number of rotatable bonds is 10. The van der Waals surface area contributed by atoms with E-state index in [-0.39, 0.29) is 37.7 Å². The van der Waals surface area contributed by atoms with Crippen molar-refractivity contribution >= 4 is 29.1 Å². The van der Waals surface area contributed by atoms with Gasteiger partial charge in [-0.2, -0.15) is 11.3 Å². The molecule has 1 heterocycles. The van der Waals surface area contributed by atoms with Crippen molar-refractivity contribution in [3.8, 4) is 5.75 Å². The normalized spacial score (nSPS) is 11.4. The first-order valence-electron chi connectivity index (χ1n) is 8.43. The summed E-state index contributed by atoms with van der Waals surface area (Å²) in [7, 11) is 1.53. The number of thiophene rings is 1. The number of para-hydroxylation sites is 1. The summed E-state index contributed by atoms with van der Waals surface area (Å²) in [5, 5.41) is 18.2. The van der Waals surface area contributed by atoms with Gasteiger partial charge in [0.1, 0.15) is 5.75 Å². The minimum absolute atomic E-state index is 0.00465. The highest BCUT2D eigenvalue weighted by Crippen LogP contribution is 2.21. The number of hydrogen-bond acceptors (Lipinski definition) is 5. The largest absolute Gasteiger partial charge is 0.496 e. The summed E-state index contributed by atoms with van der Waals surface area (Å²) in [6.45, 7) is 0.190. The lowest BCUT2D eigenvalue weighted by molar-refractivity contribution is -0.141. The predicted molar refractivity (Wildman–Crippen MR) is 102 cm³/mol. The minimum Gasteiger partial charge on any atom is -0.496 e. The highest BCUT2D eigenvalue weighted by Gasteiger charge is 2.20. The number of benzene rings is 1. The molecule has 7 nitrogen and oxygen atoms in total. The van der Waals surface area contributed by atoms with E-state index < -0.39 is 11.9 Å². The number of nitrogens with one attached hydrogen (secondary N) is 2. The molecule has 1 aromatic carbocycles. The predicted octanol–water partition coefficient (Wildman–Crippen LogP) is 1.94. The van der Waals surface area contributed by atoms with Crippen molar-refractivity contribution in [3.63, 3.8) is 0 Å². The lowest BCUT2D eigenvalue weighted by Crippen LogP contribution is -2.36. The number of carbonyl (C=O) groups excluding carboxylic acids is 2. The smallest absolute Gasteiger partial charge is 0.308 e. The number of methoxy groups -OCH3 is 1. The third kappa shape index (κ3) is 6.41. The quantitative estimate of drug-likeness (QED) is 0.575. The number of hydrogen-bond donors (Lipinski definition) is 3. The number of carboxylic acid groups (broad SMARTS) is 1. The van der Waals surface area contributed by atoms with Crippen LogP contribution in [-0.4, -0.2) is 43.1 Å². The van der Waals surface area contributed by atoms with Crippen molar-refractivity contribution in [1.82, 2.24) is 10.6 Å². The minimum atomic E-state index is -0.994. The first-order valence-corrected chi connectivity index (χ1v) is 9.37. The van der Waals surface area contributed by atoms with Gasteiger partial charge in [0.15, 0.2) is 0 Å². The molecule has 0 aliphatic heterocycles. The maximum Gasteiger partial charge on any atom is 0.308 e. The van der Waals surface area contributed by atoms with Crippen molar-refractivity contribution < 1.29 is 24.2 Å². The van der Waals surface area contributed by atoms with E-state index in [0.717, 1.165) is 5.56 Å². The zero-order chi connectivity index (χ0) is 19.6. The molecule has 0 aliphatic rings. The van der Waals surface area contributed by atoms with Crippen LogP contribution in [0.5, 0.6) is 5.75 Å². The van der Waals surface area contributed by atoms with Gasteiger partial charge < -0.3 is 20.5 Å². The van der Waals surface area contributed by atoms with E-state index >= 15 is 0 Å². The fraction of sp³-hybridized carbons (Fsp3) is 0.316. The van der Waals surface area contributed by atoms with E-state index in [1.165, 1.54) is 18.4 Å². The lowest BCUT2D eigenvalue weighted by Gasteiger charge is -2.15. The van der Waals surface area contributed by atoms with Crippen LogP contribution in [-0.2, 0) is 16.0 Å². The molecule has 0 fully saturated rings. The number of ether oxygens (including phenoxy) is 1. The summed E-state index contributed by atoms with van der Waals surface area (Å²) >= 11 is 1.42. The van der Waals surface area contributed by atoms with E-state index in [9.17, 15) is 19.5 Å². The topological polar surface area (TPSA) is 105 Å². The Labute approximate surface area is 161 Å². The SMILES string of the molecule is COc1ccccc1CC(CNC(=O)CCNC(=O)c1ccsc1)C(=O)O. The molecule has 1 aromatic heterocycles. The Morgan fingerprint density at radius 2 is 1.96 bits per heavy atom. The van der Waals surface area contributed by atoms with Crippen LogP contribution in [0.25, 0.3) is 0 Å². The van der Waals surface area contributed by atoms with Crippen LogP contribution in [0.15, 0.2) is 41.1 Å². The average Bonchev–Trinajstić information content (AvgIpc) is 3.20. The molecule has 0 spiro atoms. The van der Waals surface area contributed by atoms with Gasteiger partial charge in [-0.25, -0.2) is 0 Å². The molecule has 0 saturated carbocycles. The van der Waals surface area contributed by atoms with Gasteiger partial charge in [0.2, 0.25) is 5.91 Å². The van der Waals surface area contributed by atoms with Crippen molar-refractivity contribution in [2.24, 2.45) is 5.92 Å². The molecule has 2 amide bonds. The fourth-order valence-corrected chi connectivity index (χ4v) is 3.13. The van der Waals surface area contributed by atoms with E-state index in [2.05, 4.69) is 10.6 Å². The molecule has 0 aliphatic carbocycles. The van der Waals surface area contributed by atoms with Crippen LogP contribution >= 0.6 is 11.3 Å². The summed E-state index contributed by atoms with van der Waals surface area (Å²) in [6, 6.07) is 8.89. The highest BCUT2D eigenvalue weighted by atomic mass is 32.1. The maximum absolute atomic E-state index is 11.9. The average molecular weight is 390 g/mol. The van der Waals surface area contributed by atoms with Crippen LogP contribution in [0.4, 0.5) is 0 Å². The van der Waals surface area contributed by atoms with Crippen LogP contribution in [0, 0.1) is 5.92 Å². The molecular weight excluding hydrogens is 368 g/mol. The van der Waals surface area contributed by atoms with Gasteiger partial charge in [0.05, 0.1) is 13.0 Å². The molecule has 3 N–H and O–H groups in total. The Balaban J connectivity index is 1.78. The number of amides is 2. The summed E-state index contributed by atoms with van der Waals surface area (Å²) in [5.41, 5.74) is 1.33. The highest BCUT2D eigenvalue weighted by molar-refractivity contribution is 7.08. The fourth-order valence-electron chi connectivity index (χ4n) is 2.49. The van der Waals surface area contributed by atoms with Crippen molar-refractivity contribution in [1.29, 1.82) is 0 Å². The van der Waals surface area contributed by atoms with Crippen LogP contribution in [0.1, 0.15) is 22.3 Å². The number of carbonyl (C=O) groups is 3. The zero-order valence-corrected chi connectivity index (χ0v) is 15.8. The van der Waals surface area contributed by atoms with Crippen molar-refractivity contribution in [2.45, 2.75) is 12.8 Å². The summed E-state index contributed by atoms with van der Waals surface area (Å²) < 4.78 is 5.24. The Kier molecular flexibility index (Phi) is 7.81. The van der Waals surface area contributed by atoms with Gasteiger partial charge in [-0.05, 0) is 29.5 Å². The van der Waals surface area contributed by atoms with Gasteiger partial charge in [-0.15, -0.1) is 0 Å². The molecule has 1 atom stereocenters. The van der Waals surface area contributed by atoms with Gasteiger partial charge in [-0.3, -0.25) is 14.4 Å². The molecule has 27 heavy (non-hydrogen) atoms. The van der Waals surface area contributed by atoms with Crippen molar-refractivity contribution in [2.75, 3.05) is 20.2 Å². The van der Waals surface area contributed by atoms with E-state index in [1.807, 2.05) is 12.1 Å². The second-order valence-electron chi connectivity index (χ2n) is 5.87. The zero-order valence-electron chi connectivity index (χ0n) is 14.9. The molecule has 144 valence electrons. The van der Waals surface area contributed by atoms with E-state index in [0.29, 0.717) is 11.3 Å². The second-order valence-corrected chi connectivity index (χ2v) is 6.65. The lowest BCUT2D eigenvalue weighted by atomic mass is 9.98. The van der Waals surface area contributed by atoms with Gasteiger partial charge in [0, 0.05) is 30.5 Å². The van der Waals surface area contributed by atoms with E-state index in [1.54, 1.807) is 29.0 Å². The maximum atomic E-state index is 11.9. The number of carboxylic acids is 1. The van der Waals surface area contributed by atoms with E-state index in [4.69, 9.17) is 4.74 Å². The van der Waals surface area contributed by atoms with Crippen LogP contribution < -0.4 is 15.4 Å². The molecule has 8 heteroatoms. The molecular formula is C19H22N2O5S. The third-order valence-electron chi connectivity index (χ3n) is 3.97. The Morgan fingerprint density at radius 3 is 2.63 bits per heavy atom. The number of aliphatic carboxylic acids is 1. The molecule has 0 bridgehead atoms. The monoisotopic (exact) mass is 390 g/mol. The Hall–Kier alpha value is -2.87. The van der Waals surface area contributed by atoms with Gasteiger partial charge >= 0.3 is 5.97 Å². The van der Waals surface area contributed by atoms with Crippen molar-refractivity contribution in [3.05, 3.63) is 52.2 Å². The third-order valence-corrected chi connectivity index (χ3v) is 4.66. The Morgan fingerprint density at radius 1 is 1.19 bits per heavy atom. The van der Waals surface area contributed by atoms with Gasteiger partial charge in [0.25, 0.3) is 5.91 Å². The molecule has 2 aromatic rings. The standard InChI is InChI=1S/C19H22N2O5S/c1-26-16-5-3-2-4-13(16)10-15(19(24)25)11-21-17(22)6-8-20-18(23)14-7-9-27-12-14/h2-5,7,9,12,15H,6,8,10-11H2,1H3,(H,20,23)(H,21,22)(H,24,25). The summed E-state index contributed by atoms with van der Waals surface area (Å²) in [5.74, 6) is -1.70. The molecule has 0 radical (unpaired) electrons. The van der Waals surface area contributed by atoms with Gasteiger partial charge in [-0.1, -0.05) is 18.2 Å². The summed E-state index contributed by atoms with van der Waals surface area (Å²) in [4.78, 5) is 35.2. The van der Waals surface area contributed by atoms with Crippen LogP contribution in [0.2, 0.25) is 0 Å². The Bertz CT molecular complexity index is 776. The second kappa shape index (κ2) is 10.3. The van der Waals surface area contributed by atoms with Crippen LogP contribution in [0.3, 0.4) is 0 Å².